The molecule has 0 saturated carbocycles. The van der Waals surface area contributed by atoms with Crippen molar-refractivity contribution in [2.45, 2.75) is 39.2 Å². The summed E-state index contributed by atoms with van der Waals surface area (Å²) in [7, 11) is -0.518. The second kappa shape index (κ2) is 8.43. The minimum Gasteiger partial charge on any atom is -0.491 e. The molecule has 1 atom stereocenters. The third-order valence-corrected chi connectivity index (χ3v) is 6.78. The molecule has 1 aromatic heterocycles. The largest absolute Gasteiger partial charge is 0.491 e. The zero-order valence-corrected chi connectivity index (χ0v) is 19.3. The average Bonchev–Trinajstić information content (AvgIpc) is 3.09. The van der Waals surface area contributed by atoms with Crippen LogP contribution in [0.4, 0.5) is 0 Å². The van der Waals surface area contributed by atoms with Gasteiger partial charge in [0.2, 0.25) is 0 Å². The normalized spacial score (nSPS) is 16.6. The summed E-state index contributed by atoms with van der Waals surface area (Å²) in [6.45, 7) is 8.36. The smallest absolute Gasteiger partial charge is 0.274 e. The molecule has 7 nitrogen and oxygen atoms in total. The summed E-state index contributed by atoms with van der Waals surface area (Å²) in [6, 6.07) is 8.01. The van der Waals surface area contributed by atoms with Gasteiger partial charge >= 0.3 is 0 Å². The summed E-state index contributed by atoms with van der Waals surface area (Å²) in [4.78, 5) is 14.6. The van der Waals surface area contributed by atoms with Gasteiger partial charge in [-0.05, 0) is 29.3 Å². The number of benzene rings is 1. The summed E-state index contributed by atoms with van der Waals surface area (Å²) in [5.74, 6) is 4.46. The maximum atomic E-state index is 12.9. The molecule has 0 fully saturated rings. The summed E-state index contributed by atoms with van der Waals surface area (Å²) >= 11 is 0. The van der Waals surface area contributed by atoms with Crippen LogP contribution in [0.5, 0.6) is 5.75 Å². The predicted molar refractivity (Wildman–Crippen MR) is 121 cm³/mol. The Kier molecular flexibility index (Phi) is 6.29. The zero-order chi connectivity index (χ0) is 22.1. The van der Waals surface area contributed by atoms with Gasteiger partial charge in [-0.15, -0.1) is 0 Å². The maximum absolute atomic E-state index is 12.9. The molecule has 0 bridgehead atoms. The van der Waals surface area contributed by atoms with Crippen LogP contribution < -0.4 is 4.74 Å². The number of nitrogens with zero attached hydrogens (tertiary/aromatic N) is 3. The number of ether oxygens (including phenoxy) is 1. The maximum Gasteiger partial charge on any atom is 0.274 e. The highest BCUT2D eigenvalue weighted by molar-refractivity contribution is 7.97. The van der Waals surface area contributed by atoms with Crippen molar-refractivity contribution in [1.82, 2.24) is 19.4 Å². The molecule has 1 aliphatic rings. The van der Waals surface area contributed by atoms with Gasteiger partial charge in [0.05, 0.1) is 18.8 Å². The van der Waals surface area contributed by atoms with Gasteiger partial charge in [-0.2, -0.15) is 5.10 Å². The molecule has 30 heavy (non-hydrogen) atoms. The minimum absolute atomic E-state index is 0.0177. The molecule has 164 valence electrons. The Morgan fingerprint density at radius 3 is 2.73 bits per heavy atom. The van der Waals surface area contributed by atoms with Crippen LogP contribution in [-0.2, 0) is 28.1 Å². The highest BCUT2D eigenvalue weighted by Gasteiger charge is 2.28. The van der Waals surface area contributed by atoms with Crippen LogP contribution in [-0.4, -0.2) is 68.4 Å². The first-order chi connectivity index (χ1) is 14.0. The Bertz CT molecular complexity index is 1020. The standard InChI is InChI=1S/C22H32N4O3S/c1-22(2,3)17-9-7-8-10-19(17)29-14-13-25(4)21(27)20-16-11-12-26(30(5,6)28)15-18(16)23-24-20/h7-10H,5,11-15H2,1-4,6H3,(H,23,24). The van der Waals surface area contributed by atoms with Crippen molar-refractivity contribution in [3.8, 4) is 5.75 Å². The van der Waals surface area contributed by atoms with E-state index in [9.17, 15) is 9.00 Å². The quantitative estimate of drug-likeness (QED) is 0.712. The van der Waals surface area contributed by atoms with Crippen molar-refractivity contribution >= 4 is 21.5 Å². The predicted octanol–water partition coefficient (Wildman–Crippen LogP) is 2.48. The fourth-order valence-electron chi connectivity index (χ4n) is 3.59. The summed E-state index contributed by atoms with van der Waals surface area (Å²) in [5.41, 5.74) is 3.31. The van der Waals surface area contributed by atoms with Gasteiger partial charge in [-0.1, -0.05) is 39.0 Å². The average molecular weight is 433 g/mol. The third kappa shape index (κ3) is 4.87. The van der Waals surface area contributed by atoms with E-state index in [2.05, 4.69) is 42.9 Å². The van der Waals surface area contributed by atoms with E-state index in [0.29, 0.717) is 38.4 Å². The van der Waals surface area contributed by atoms with E-state index < -0.39 is 9.71 Å². The molecule has 0 saturated heterocycles. The summed E-state index contributed by atoms with van der Waals surface area (Å²) in [6.07, 6.45) is 2.25. The highest BCUT2D eigenvalue weighted by Crippen LogP contribution is 2.31. The second-order valence-corrected chi connectivity index (χ2v) is 11.4. The van der Waals surface area contributed by atoms with Crippen molar-refractivity contribution < 1.29 is 13.7 Å². The number of H-pyrrole nitrogens is 1. The van der Waals surface area contributed by atoms with Crippen molar-refractivity contribution in [3.05, 3.63) is 46.8 Å². The van der Waals surface area contributed by atoms with E-state index in [1.807, 2.05) is 22.5 Å². The topological polar surface area (TPSA) is 78.5 Å². The van der Waals surface area contributed by atoms with Crippen LogP contribution in [0.15, 0.2) is 24.3 Å². The van der Waals surface area contributed by atoms with E-state index in [1.165, 1.54) is 0 Å². The lowest BCUT2D eigenvalue weighted by atomic mass is 9.86. The van der Waals surface area contributed by atoms with Crippen LogP contribution in [0.25, 0.3) is 0 Å². The second-order valence-electron chi connectivity index (χ2n) is 8.92. The molecule has 2 aromatic rings. The zero-order valence-electron chi connectivity index (χ0n) is 18.5. The van der Waals surface area contributed by atoms with Crippen LogP contribution >= 0.6 is 0 Å². The van der Waals surface area contributed by atoms with Gasteiger partial charge in [-0.25, -0.2) is 4.31 Å². The fraction of sp³-hybridized carbons (Fsp3) is 0.500. The van der Waals surface area contributed by atoms with E-state index in [-0.39, 0.29) is 11.3 Å². The number of rotatable bonds is 6. The molecular weight excluding hydrogens is 400 g/mol. The first-order valence-electron chi connectivity index (χ1n) is 10.1. The van der Waals surface area contributed by atoms with E-state index >= 15 is 0 Å². The van der Waals surface area contributed by atoms with Crippen molar-refractivity contribution in [2.75, 3.05) is 33.0 Å². The molecule has 0 spiro atoms. The lowest BCUT2D eigenvalue weighted by Crippen LogP contribution is -2.36. The fourth-order valence-corrected chi connectivity index (χ4v) is 4.47. The van der Waals surface area contributed by atoms with Crippen molar-refractivity contribution in [2.24, 2.45) is 0 Å². The van der Waals surface area contributed by atoms with E-state index in [0.717, 1.165) is 22.6 Å². The number of hydrogen-bond donors (Lipinski definition) is 1. The Balaban J connectivity index is 1.63. The molecule has 2 heterocycles. The third-order valence-electron chi connectivity index (χ3n) is 5.37. The summed E-state index contributed by atoms with van der Waals surface area (Å²) < 4.78 is 20.0. The van der Waals surface area contributed by atoms with Crippen LogP contribution in [0.3, 0.4) is 0 Å². The molecule has 3 rings (SSSR count). The molecule has 1 unspecified atom stereocenters. The van der Waals surface area contributed by atoms with Gasteiger partial charge in [0.25, 0.3) is 5.91 Å². The Labute approximate surface area is 179 Å². The van der Waals surface area contributed by atoms with E-state index in [4.69, 9.17) is 4.74 Å². The molecule has 1 aliphatic heterocycles. The number of fused-ring (bicyclic) bond motifs is 1. The van der Waals surface area contributed by atoms with Crippen molar-refractivity contribution in [3.63, 3.8) is 0 Å². The van der Waals surface area contributed by atoms with Gasteiger partial charge in [-0.3, -0.25) is 14.1 Å². The van der Waals surface area contributed by atoms with Gasteiger partial charge in [0.15, 0.2) is 5.69 Å². The van der Waals surface area contributed by atoms with Crippen LogP contribution in [0.2, 0.25) is 0 Å². The molecule has 1 N–H and O–H groups in total. The van der Waals surface area contributed by atoms with Crippen LogP contribution in [0, 0.1) is 0 Å². The SMILES string of the molecule is C=S(C)(=O)N1CCc2c(C(=O)N(C)CCOc3ccccc3C(C)(C)C)n[nH]c2C1. The van der Waals surface area contributed by atoms with Gasteiger partial charge in [0, 0.05) is 35.1 Å². The monoisotopic (exact) mass is 432 g/mol. The minimum atomic E-state index is -2.27. The lowest BCUT2D eigenvalue weighted by molar-refractivity contribution is 0.0766. The molecule has 8 heteroatoms. The number of aromatic amines is 1. The number of hydrogen-bond acceptors (Lipinski definition) is 4. The Morgan fingerprint density at radius 2 is 2.07 bits per heavy atom. The summed E-state index contributed by atoms with van der Waals surface area (Å²) in [5, 5.41) is 7.20. The lowest BCUT2D eigenvalue weighted by Gasteiger charge is -2.27. The Morgan fingerprint density at radius 1 is 1.37 bits per heavy atom. The molecule has 1 amide bonds. The molecule has 1 aromatic carbocycles. The van der Waals surface area contributed by atoms with Crippen LogP contribution in [0.1, 0.15) is 48.1 Å². The van der Waals surface area contributed by atoms with Gasteiger partial charge in [0.1, 0.15) is 12.4 Å². The molecule has 0 radical (unpaired) electrons. The Hall–Kier alpha value is -2.32. The number of carbonyl (C=O) groups excluding carboxylic acids is 1. The molecular formula is C22H32N4O3S. The number of amides is 1. The van der Waals surface area contributed by atoms with E-state index in [1.54, 1.807) is 18.2 Å². The number of para-hydroxylation sites is 1. The number of carbonyl (C=O) groups is 1. The first kappa shape index (κ1) is 22.4. The highest BCUT2D eigenvalue weighted by atomic mass is 32.2. The number of aromatic nitrogens is 2. The van der Waals surface area contributed by atoms with Crippen molar-refractivity contribution in [1.29, 1.82) is 0 Å². The number of nitrogens with one attached hydrogen (secondary N) is 1. The first-order valence-corrected chi connectivity index (χ1v) is 12.2. The number of likely N-dealkylation sites (N-methyl/N-ethyl adjacent to an activating group) is 1. The van der Waals surface area contributed by atoms with Gasteiger partial charge < -0.3 is 9.64 Å². The molecule has 0 aliphatic carbocycles.